The van der Waals surface area contributed by atoms with Crippen molar-refractivity contribution in [1.82, 2.24) is 0 Å². The molecule has 1 saturated carbocycles. The molecule has 2 aromatic carbocycles. The molecule has 0 atom stereocenters. The van der Waals surface area contributed by atoms with E-state index in [0.29, 0.717) is 23.5 Å². The molecule has 1 fully saturated rings. The predicted octanol–water partition coefficient (Wildman–Crippen LogP) is 8.78. The van der Waals surface area contributed by atoms with Gasteiger partial charge in [0.2, 0.25) is 0 Å². The molecular formula is C28H35F3. The predicted molar refractivity (Wildman–Crippen MR) is 124 cm³/mol. The summed E-state index contributed by atoms with van der Waals surface area (Å²) in [5.41, 5.74) is 2.69. The molecule has 3 rings (SSSR count). The van der Waals surface area contributed by atoms with Crippen LogP contribution in [0.3, 0.4) is 0 Å². The lowest BCUT2D eigenvalue weighted by atomic mass is 9.78. The van der Waals surface area contributed by atoms with Gasteiger partial charge in [-0.25, -0.2) is 13.2 Å². The van der Waals surface area contributed by atoms with E-state index in [-0.39, 0.29) is 11.7 Å². The molecule has 0 unspecified atom stereocenters. The Kier molecular flexibility index (Phi) is 8.80. The Labute approximate surface area is 185 Å². The first-order chi connectivity index (χ1) is 15.0. The van der Waals surface area contributed by atoms with Gasteiger partial charge < -0.3 is 0 Å². The molecule has 0 aromatic heterocycles. The summed E-state index contributed by atoms with van der Waals surface area (Å²) in [6.07, 6.45) is 13.0. The number of hydrogen-bond donors (Lipinski definition) is 0. The Morgan fingerprint density at radius 3 is 2.23 bits per heavy atom. The zero-order valence-corrected chi connectivity index (χ0v) is 18.9. The molecule has 3 heteroatoms. The lowest BCUT2D eigenvalue weighted by molar-refractivity contribution is 0.364. The van der Waals surface area contributed by atoms with Crippen LogP contribution < -0.4 is 0 Å². The van der Waals surface area contributed by atoms with Gasteiger partial charge in [0.25, 0.3) is 0 Å². The van der Waals surface area contributed by atoms with Gasteiger partial charge >= 0.3 is 0 Å². The van der Waals surface area contributed by atoms with E-state index in [4.69, 9.17) is 0 Å². The number of benzene rings is 2. The molecule has 1 aliphatic carbocycles. The fourth-order valence-corrected chi connectivity index (χ4v) is 4.69. The summed E-state index contributed by atoms with van der Waals surface area (Å²) in [5.74, 6) is -0.950. The number of allylic oxidation sites excluding steroid dienone is 1. The van der Waals surface area contributed by atoms with Crippen LogP contribution >= 0.6 is 0 Å². The SMILES string of the molecule is CCCCCc1ccc(C2CCC(/C=C/c3ccc(CCC)c(F)c3)CC2)c(F)c1F. The van der Waals surface area contributed by atoms with Crippen molar-refractivity contribution in [3.63, 3.8) is 0 Å². The van der Waals surface area contributed by atoms with Crippen molar-refractivity contribution >= 4 is 6.08 Å². The van der Waals surface area contributed by atoms with Gasteiger partial charge in [-0.15, -0.1) is 0 Å². The molecule has 0 nitrogen and oxygen atoms in total. The molecule has 168 valence electrons. The maximum atomic E-state index is 14.7. The number of rotatable bonds is 9. The molecular weight excluding hydrogens is 393 g/mol. The number of aryl methyl sites for hydroxylation is 2. The molecule has 31 heavy (non-hydrogen) atoms. The standard InChI is InChI=1S/C28H35F3/c1-3-5-6-8-24-17-18-25(28(31)27(24)30)22-14-11-20(12-15-22)9-10-21-13-16-23(7-4-2)26(29)19-21/h9-10,13,16-20,22H,3-8,11-12,14-15H2,1-2H3/b10-9+. The average Bonchev–Trinajstić information content (AvgIpc) is 2.78. The largest absolute Gasteiger partial charge is 0.207 e. The summed E-state index contributed by atoms with van der Waals surface area (Å²) in [5, 5.41) is 0. The van der Waals surface area contributed by atoms with Gasteiger partial charge in [-0.05, 0) is 85.1 Å². The third kappa shape index (κ3) is 6.24. The minimum absolute atomic E-state index is 0.0783. The third-order valence-corrected chi connectivity index (χ3v) is 6.61. The summed E-state index contributed by atoms with van der Waals surface area (Å²) >= 11 is 0. The maximum absolute atomic E-state index is 14.7. The molecule has 0 N–H and O–H groups in total. The van der Waals surface area contributed by atoms with E-state index < -0.39 is 11.6 Å². The van der Waals surface area contributed by atoms with Crippen molar-refractivity contribution in [2.75, 3.05) is 0 Å². The fraction of sp³-hybridized carbons (Fsp3) is 0.500. The van der Waals surface area contributed by atoms with E-state index in [1.165, 1.54) is 0 Å². The maximum Gasteiger partial charge on any atom is 0.162 e. The molecule has 0 spiro atoms. The average molecular weight is 429 g/mol. The van der Waals surface area contributed by atoms with Gasteiger partial charge in [0.1, 0.15) is 5.82 Å². The van der Waals surface area contributed by atoms with Crippen LogP contribution in [-0.2, 0) is 12.8 Å². The Bertz CT molecular complexity index is 876. The molecule has 1 aliphatic rings. The lowest BCUT2D eigenvalue weighted by Gasteiger charge is -2.27. The van der Waals surface area contributed by atoms with Crippen molar-refractivity contribution in [3.05, 3.63) is 76.1 Å². The first kappa shape index (κ1) is 23.6. The third-order valence-electron chi connectivity index (χ3n) is 6.61. The highest BCUT2D eigenvalue weighted by atomic mass is 19.2. The van der Waals surface area contributed by atoms with Crippen molar-refractivity contribution in [2.45, 2.75) is 84.0 Å². The Morgan fingerprint density at radius 2 is 1.55 bits per heavy atom. The van der Waals surface area contributed by atoms with Gasteiger partial charge in [-0.3, -0.25) is 0 Å². The van der Waals surface area contributed by atoms with Crippen LogP contribution in [0.15, 0.2) is 36.4 Å². The van der Waals surface area contributed by atoms with Crippen molar-refractivity contribution in [3.8, 4) is 0 Å². The van der Waals surface area contributed by atoms with E-state index in [0.717, 1.165) is 68.9 Å². The van der Waals surface area contributed by atoms with Gasteiger partial charge in [-0.1, -0.05) is 69.5 Å². The molecule has 0 amide bonds. The zero-order valence-electron chi connectivity index (χ0n) is 18.9. The van der Waals surface area contributed by atoms with Crippen molar-refractivity contribution in [2.24, 2.45) is 5.92 Å². The van der Waals surface area contributed by atoms with Crippen LogP contribution in [-0.4, -0.2) is 0 Å². The molecule has 0 bridgehead atoms. The minimum atomic E-state index is -0.649. The summed E-state index contributed by atoms with van der Waals surface area (Å²) in [4.78, 5) is 0. The van der Waals surface area contributed by atoms with E-state index in [9.17, 15) is 13.2 Å². The van der Waals surface area contributed by atoms with Gasteiger partial charge in [0.05, 0.1) is 0 Å². The van der Waals surface area contributed by atoms with Crippen molar-refractivity contribution in [1.29, 1.82) is 0 Å². The normalized spacial score (nSPS) is 19.3. The van der Waals surface area contributed by atoms with Crippen LogP contribution in [0.4, 0.5) is 13.2 Å². The molecule has 2 aromatic rings. The zero-order chi connectivity index (χ0) is 22.2. The van der Waals surface area contributed by atoms with Crippen LogP contribution in [0.2, 0.25) is 0 Å². The molecule has 0 heterocycles. The highest BCUT2D eigenvalue weighted by Gasteiger charge is 2.25. The summed E-state index contributed by atoms with van der Waals surface area (Å²) in [6, 6.07) is 9.04. The first-order valence-corrected chi connectivity index (χ1v) is 12.0. The van der Waals surface area contributed by atoms with Crippen LogP contribution in [0, 0.1) is 23.4 Å². The topological polar surface area (TPSA) is 0 Å². The van der Waals surface area contributed by atoms with Gasteiger partial charge in [-0.2, -0.15) is 0 Å². The van der Waals surface area contributed by atoms with E-state index in [1.807, 2.05) is 25.1 Å². The molecule has 0 saturated heterocycles. The number of halogens is 3. The van der Waals surface area contributed by atoms with E-state index in [1.54, 1.807) is 18.2 Å². The summed E-state index contributed by atoms with van der Waals surface area (Å²) in [6.45, 7) is 4.15. The van der Waals surface area contributed by atoms with Gasteiger partial charge in [0, 0.05) is 0 Å². The Balaban J connectivity index is 1.57. The summed E-state index contributed by atoms with van der Waals surface area (Å²) < 4.78 is 43.4. The fourth-order valence-electron chi connectivity index (χ4n) is 4.69. The quantitative estimate of drug-likeness (QED) is 0.350. The number of unbranched alkanes of at least 4 members (excludes halogenated alkanes) is 2. The second-order valence-corrected chi connectivity index (χ2v) is 8.97. The second-order valence-electron chi connectivity index (χ2n) is 8.97. The molecule has 0 radical (unpaired) electrons. The highest BCUT2D eigenvalue weighted by molar-refractivity contribution is 5.50. The lowest BCUT2D eigenvalue weighted by Crippen LogP contribution is -2.14. The van der Waals surface area contributed by atoms with E-state index in [2.05, 4.69) is 13.0 Å². The van der Waals surface area contributed by atoms with Crippen molar-refractivity contribution < 1.29 is 13.2 Å². The van der Waals surface area contributed by atoms with Crippen LogP contribution in [0.1, 0.15) is 93.4 Å². The smallest absolute Gasteiger partial charge is 0.162 e. The van der Waals surface area contributed by atoms with E-state index >= 15 is 0 Å². The first-order valence-electron chi connectivity index (χ1n) is 12.0. The second kappa shape index (κ2) is 11.5. The Hall–Kier alpha value is -2.03. The summed E-state index contributed by atoms with van der Waals surface area (Å²) in [7, 11) is 0. The molecule has 0 aliphatic heterocycles. The van der Waals surface area contributed by atoms with Crippen LogP contribution in [0.5, 0.6) is 0 Å². The van der Waals surface area contributed by atoms with Crippen LogP contribution in [0.25, 0.3) is 6.08 Å². The Morgan fingerprint density at radius 1 is 0.806 bits per heavy atom. The number of hydrogen-bond acceptors (Lipinski definition) is 0. The highest BCUT2D eigenvalue weighted by Crippen LogP contribution is 2.38. The minimum Gasteiger partial charge on any atom is -0.207 e. The monoisotopic (exact) mass is 428 g/mol. The van der Waals surface area contributed by atoms with Gasteiger partial charge in [0.15, 0.2) is 11.6 Å².